The van der Waals surface area contributed by atoms with Gasteiger partial charge < -0.3 is 9.32 Å². The third kappa shape index (κ3) is 3.78. The minimum atomic E-state index is -0.00237. The topological polar surface area (TPSA) is 33.5 Å². The SMILES string of the molecule is Cc1ccc(CN(C)C(=O)Cc2ccc(Cl)c(Cl)c2)o1. The lowest BCUT2D eigenvalue weighted by Crippen LogP contribution is -2.27. The number of furan rings is 1. The van der Waals surface area contributed by atoms with Crippen LogP contribution in [0.2, 0.25) is 10.0 Å². The van der Waals surface area contributed by atoms with Gasteiger partial charge in [-0.3, -0.25) is 4.79 Å². The number of rotatable bonds is 4. The van der Waals surface area contributed by atoms with E-state index in [0.29, 0.717) is 16.6 Å². The number of halogens is 2. The number of likely N-dealkylation sites (N-methyl/N-ethyl adjacent to an activating group) is 1. The lowest BCUT2D eigenvalue weighted by atomic mass is 10.1. The Hall–Kier alpha value is -1.45. The third-order valence-corrected chi connectivity index (χ3v) is 3.69. The summed E-state index contributed by atoms with van der Waals surface area (Å²) in [5, 5.41) is 0.948. The predicted octanol–water partition coefficient (Wildman–Crippen LogP) is 4.10. The summed E-state index contributed by atoms with van der Waals surface area (Å²) in [7, 11) is 1.75. The van der Waals surface area contributed by atoms with E-state index in [2.05, 4.69) is 0 Å². The molecule has 1 aromatic carbocycles. The first-order valence-corrected chi connectivity index (χ1v) is 6.94. The second kappa shape index (κ2) is 6.33. The van der Waals surface area contributed by atoms with Crippen molar-refractivity contribution in [2.45, 2.75) is 19.9 Å². The van der Waals surface area contributed by atoms with Gasteiger partial charge in [-0.05, 0) is 36.8 Å². The van der Waals surface area contributed by atoms with Gasteiger partial charge in [0.2, 0.25) is 5.91 Å². The van der Waals surface area contributed by atoms with Crippen LogP contribution in [0.5, 0.6) is 0 Å². The van der Waals surface area contributed by atoms with E-state index in [1.54, 1.807) is 30.1 Å². The van der Waals surface area contributed by atoms with Gasteiger partial charge >= 0.3 is 0 Å². The first kappa shape index (κ1) is 14.9. The van der Waals surface area contributed by atoms with E-state index in [-0.39, 0.29) is 12.3 Å². The molecule has 0 spiro atoms. The average molecular weight is 312 g/mol. The van der Waals surface area contributed by atoms with Gasteiger partial charge in [0.25, 0.3) is 0 Å². The molecule has 0 bridgehead atoms. The zero-order chi connectivity index (χ0) is 14.7. The Kier molecular flexibility index (Phi) is 4.73. The largest absolute Gasteiger partial charge is 0.464 e. The standard InChI is InChI=1S/C15H15Cl2NO2/c1-10-3-5-12(20-10)9-18(2)15(19)8-11-4-6-13(16)14(17)7-11/h3-7H,8-9H2,1-2H3. The summed E-state index contributed by atoms with van der Waals surface area (Å²) >= 11 is 11.8. The van der Waals surface area contributed by atoms with Crippen LogP contribution in [-0.4, -0.2) is 17.9 Å². The molecule has 0 aliphatic carbocycles. The molecule has 0 saturated heterocycles. The van der Waals surface area contributed by atoms with Crippen LogP contribution in [-0.2, 0) is 17.8 Å². The summed E-state index contributed by atoms with van der Waals surface area (Å²) in [5.41, 5.74) is 0.840. The maximum atomic E-state index is 12.1. The van der Waals surface area contributed by atoms with Gasteiger partial charge in [0.05, 0.1) is 23.0 Å². The minimum absolute atomic E-state index is 0.00237. The smallest absolute Gasteiger partial charge is 0.227 e. The van der Waals surface area contributed by atoms with Crippen LogP contribution < -0.4 is 0 Å². The number of carbonyl (C=O) groups excluding carboxylic acids is 1. The first-order valence-electron chi connectivity index (χ1n) is 6.19. The van der Waals surface area contributed by atoms with Crippen molar-refractivity contribution in [3.63, 3.8) is 0 Å². The number of carbonyl (C=O) groups is 1. The molecule has 0 radical (unpaired) electrons. The van der Waals surface area contributed by atoms with Crippen LogP contribution in [0, 0.1) is 6.92 Å². The summed E-state index contributed by atoms with van der Waals surface area (Å²) in [6.45, 7) is 2.33. The van der Waals surface area contributed by atoms with Crippen LogP contribution >= 0.6 is 23.2 Å². The predicted molar refractivity (Wildman–Crippen MR) is 80.1 cm³/mol. The lowest BCUT2D eigenvalue weighted by Gasteiger charge is -2.16. The van der Waals surface area contributed by atoms with Gasteiger partial charge in [-0.15, -0.1) is 0 Å². The highest BCUT2D eigenvalue weighted by Gasteiger charge is 2.12. The van der Waals surface area contributed by atoms with Crippen molar-refractivity contribution in [3.8, 4) is 0 Å². The number of hydrogen-bond acceptors (Lipinski definition) is 2. The molecule has 0 atom stereocenters. The molecule has 0 saturated carbocycles. The molecule has 1 heterocycles. The quantitative estimate of drug-likeness (QED) is 0.852. The maximum absolute atomic E-state index is 12.1. The van der Waals surface area contributed by atoms with Crippen LogP contribution in [0.15, 0.2) is 34.7 Å². The number of nitrogens with zero attached hydrogens (tertiary/aromatic N) is 1. The van der Waals surface area contributed by atoms with E-state index in [1.165, 1.54) is 0 Å². The van der Waals surface area contributed by atoms with E-state index in [4.69, 9.17) is 27.6 Å². The Balaban J connectivity index is 1.98. The highest BCUT2D eigenvalue weighted by molar-refractivity contribution is 6.42. The monoisotopic (exact) mass is 311 g/mol. The molecule has 0 aliphatic rings. The van der Waals surface area contributed by atoms with Crippen LogP contribution in [0.1, 0.15) is 17.1 Å². The van der Waals surface area contributed by atoms with Gasteiger partial charge in [0, 0.05) is 7.05 Å². The molecule has 106 valence electrons. The molecule has 1 aromatic heterocycles. The molecule has 0 aliphatic heterocycles. The maximum Gasteiger partial charge on any atom is 0.227 e. The fraction of sp³-hybridized carbons (Fsp3) is 0.267. The van der Waals surface area contributed by atoms with Crippen molar-refractivity contribution in [2.75, 3.05) is 7.05 Å². The molecule has 0 fully saturated rings. The fourth-order valence-corrected chi connectivity index (χ4v) is 2.17. The Labute approximate surface area is 128 Å². The average Bonchev–Trinajstić information content (AvgIpc) is 2.79. The fourth-order valence-electron chi connectivity index (χ4n) is 1.85. The first-order chi connectivity index (χ1) is 9.45. The van der Waals surface area contributed by atoms with Crippen molar-refractivity contribution in [1.82, 2.24) is 4.90 Å². The Morgan fingerprint density at radius 1 is 1.20 bits per heavy atom. The summed E-state index contributed by atoms with van der Waals surface area (Å²) in [6.07, 6.45) is 0.285. The highest BCUT2D eigenvalue weighted by Crippen LogP contribution is 2.23. The molecule has 5 heteroatoms. The second-order valence-electron chi connectivity index (χ2n) is 4.69. The van der Waals surface area contributed by atoms with Crippen molar-refractivity contribution < 1.29 is 9.21 Å². The van der Waals surface area contributed by atoms with E-state index >= 15 is 0 Å². The zero-order valence-corrected chi connectivity index (χ0v) is 12.8. The molecular weight excluding hydrogens is 297 g/mol. The number of hydrogen-bond donors (Lipinski definition) is 0. The Bertz CT molecular complexity index is 622. The molecule has 0 unspecified atom stereocenters. The Morgan fingerprint density at radius 3 is 2.55 bits per heavy atom. The van der Waals surface area contributed by atoms with Gasteiger partial charge in [0.15, 0.2) is 0 Å². The van der Waals surface area contributed by atoms with Gasteiger partial charge in [-0.2, -0.15) is 0 Å². The van der Waals surface area contributed by atoms with Crippen molar-refractivity contribution in [3.05, 3.63) is 57.5 Å². The zero-order valence-electron chi connectivity index (χ0n) is 11.3. The summed E-state index contributed by atoms with van der Waals surface area (Å²) in [4.78, 5) is 13.8. The van der Waals surface area contributed by atoms with E-state index < -0.39 is 0 Å². The molecule has 1 amide bonds. The summed E-state index contributed by atoms with van der Waals surface area (Å²) in [5.74, 6) is 1.61. The summed E-state index contributed by atoms with van der Waals surface area (Å²) in [6, 6.07) is 8.97. The Morgan fingerprint density at radius 2 is 1.95 bits per heavy atom. The van der Waals surface area contributed by atoms with Crippen molar-refractivity contribution >= 4 is 29.1 Å². The lowest BCUT2D eigenvalue weighted by molar-refractivity contribution is -0.129. The molecule has 3 nitrogen and oxygen atoms in total. The van der Waals surface area contributed by atoms with E-state index in [1.807, 2.05) is 19.1 Å². The number of benzene rings is 1. The van der Waals surface area contributed by atoms with Gasteiger partial charge in [0.1, 0.15) is 11.5 Å². The van der Waals surface area contributed by atoms with Crippen LogP contribution in [0.3, 0.4) is 0 Å². The van der Waals surface area contributed by atoms with Crippen molar-refractivity contribution in [2.24, 2.45) is 0 Å². The van der Waals surface area contributed by atoms with E-state index in [0.717, 1.165) is 17.1 Å². The molecule has 0 N–H and O–H groups in total. The molecular formula is C15H15Cl2NO2. The van der Waals surface area contributed by atoms with E-state index in [9.17, 15) is 4.79 Å². The van der Waals surface area contributed by atoms with Crippen LogP contribution in [0.25, 0.3) is 0 Å². The number of amides is 1. The second-order valence-corrected chi connectivity index (χ2v) is 5.50. The summed E-state index contributed by atoms with van der Waals surface area (Å²) < 4.78 is 5.46. The normalized spacial score (nSPS) is 10.6. The highest BCUT2D eigenvalue weighted by atomic mass is 35.5. The van der Waals surface area contributed by atoms with Gasteiger partial charge in [-0.1, -0.05) is 29.3 Å². The van der Waals surface area contributed by atoms with Crippen LogP contribution in [0.4, 0.5) is 0 Å². The molecule has 20 heavy (non-hydrogen) atoms. The molecule has 2 aromatic rings. The van der Waals surface area contributed by atoms with Gasteiger partial charge in [-0.25, -0.2) is 0 Å². The van der Waals surface area contributed by atoms with Crippen molar-refractivity contribution in [1.29, 1.82) is 0 Å². The minimum Gasteiger partial charge on any atom is -0.464 e. The third-order valence-electron chi connectivity index (χ3n) is 2.95. The number of aryl methyl sites for hydroxylation is 1. The molecule has 2 rings (SSSR count).